The van der Waals surface area contributed by atoms with Gasteiger partial charge in [0.05, 0.1) is 6.10 Å². The first-order valence-corrected chi connectivity index (χ1v) is 8.38. The van der Waals surface area contributed by atoms with Gasteiger partial charge in [0.25, 0.3) is 0 Å². The number of hydrogen-bond donors (Lipinski definition) is 1. The van der Waals surface area contributed by atoms with E-state index in [9.17, 15) is 0 Å². The Balaban J connectivity index is 1.78. The smallest absolute Gasteiger partial charge is 0.0734 e. The largest absolute Gasteiger partial charge is 0.380 e. The first-order valence-electron chi connectivity index (χ1n) is 8.38. The first-order chi connectivity index (χ1) is 11.2. The maximum Gasteiger partial charge on any atom is 0.0734 e. The summed E-state index contributed by atoms with van der Waals surface area (Å²) < 4.78 is 6.05. The lowest BCUT2D eigenvalue weighted by molar-refractivity contribution is 0.0473. The van der Waals surface area contributed by atoms with Gasteiger partial charge in [0.2, 0.25) is 0 Å². The van der Waals surface area contributed by atoms with Crippen LogP contribution in [0.1, 0.15) is 36.8 Å². The molecule has 2 aromatic carbocycles. The van der Waals surface area contributed by atoms with E-state index in [-0.39, 0.29) is 11.5 Å². The lowest BCUT2D eigenvalue weighted by Gasteiger charge is -2.33. The van der Waals surface area contributed by atoms with Crippen molar-refractivity contribution in [3.05, 3.63) is 71.9 Å². The third kappa shape index (κ3) is 2.21. The molecule has 0 unspecified atom stereocenters. The Labute approximate surface area is 137 Å². The average Bonchev–Trinajstić information content (AvgIpc) is 3.17. The molecular formula is C21H23NO. The molecule has 1 saturated carbocycles. The van der Waals surface area contributed by atoms with Crippen molar-refractivity contribution >= 4 is 10.9 Å². The molecule has 4 rings (SSSR count). The van der Waals surface area contributed by atoms with Crippen molar-refractivity contribution in [3.8, 4) is 0 Å². The first kappa shape index (κ1) is 14.5. The minimum Gasteiger partial charge on any atom is -0.380 e. The summed E-state index contributed by atoms with van der Waals surface area (Å²) in [6.07, 6.45) is 4.69. The van der Waals surface area contributed by atoms with Crippen LogP contribution >= 0.6 is 0 Å². The number of nitrogens with one attached hydrogen (secondary N) is 1. The maximum absolute atomic E-state index is 6.05. The quantitative estimate of drug-likeness (QED) is 0.722. The Kier molecular flexibility index (Phi) is 3.50. The van der Waals surface area contributed by atoms with E-state index in [1.54, 1.807) is 0 Å². The zero-order chi connectivity index (χ0) is 15.9. The SMILES string of the molecule is CO[C@@H]1[C@H](c2ccccc2)CC[C@]1(C)c1c[nH]c2ccccc12. The van der Waals surface area contributed by atoms with Crippen molar-refractivity contribution in [2.24, 2.45) is 0 Å². The number of aromatic amines is 1. The molecule has 1 fully saturated rings. The molecule has 118 valence electrons. The van der Waals surface area contributed by atoms with Gasteiger partial charge in [-0.1, -0.05) is 55.5 Å². The molecule has 3 atom stereocenters. The zero-order valence-corrected chi connectivity index (χ0v) is 13.8. The second kappa shape index (κ2) is 5.54. The molecule has 2 heteroatoms. The summed E-state index contributed by atoms with van der Waals surface area (Å²) in [5, 5.41) is 1.32. The minimum atomic E-state index is 0.0366. The molecule has 1 aliphatic rings. The van der Waals surface area contributed by atoms with Gasteiger partial charge in [-0.25, -0.2) is 0 Å². The number of H-pyrrole nitrogens is 1. The summed E-state index contributed by atoms with van der Waals surface area (Å²) in [5.41, 5.74) is 4.03. The van der Waals surface area contributed by atoms with Gasteiger partial charge in [-0.2, -0.15) is 0 Å². The van der Waals surface area contributed by atoms with Crippen LogP contribution in [0.4, 0.5) is 0 Å². The molecule has 0 spiro atoms. The van der Waals surface area contributed by atoms with Gasteiger partial charge in [0, 0.05) is 35.5 Å². The van der Waals surface area contributed by atoms with E-state index in [1.165, 1.54) is 28.5 Å². The Morgan fingerprint density at radius 2 is 1.78 bits per heavy atom. The molecule has 2 nitrogen and oxygen atoms in total. The van der Waals surface area contributed by atoms with E-state index >= 15 is 0 Å². The number of aromatic nitrogens is 1. The third-order valence-corrected chi connectivity index (χ3v) is 5.65. The number of fused-ring (bicyclic) bond motifs is 1. The Hall–Kier alpha value is -2.06. The summed E-state index contributed by atoms with van der Waals surface area (Å²) in [6.45, 7) is 2.36. The van der Waals surface area contributed by atoms with Gasteiger partial charge < -0.3 is 9.72 Å². The molecule has 1 heterocycles. The average molecular weight is 305 g/mol. The lowest BCUT2D eigenvalue weighted by atomic mass is 9.77. The van der Waals surface area contributed by atoms with Crippen LogP contribution in [0.2, 0.25) is 0 Å². The summed E-state index contributed by atoms with van der Waals surface area (Å²) in [5.74, 6) is 0.458. The molecule has 1 aromatic heterocycles. The van der Waals surface area contributed by atoms with Crippen LogP contribution in [0.15, 0.2) is 60.8 Å². The lowest BCUT2D eigenvalue weighted by Crippen LogP contribution is -2.35. The third-order valence-electron chi connectivity index (χ3n) is 5.65. The number of rotatable bonds is 3. The molecule has 1 N–H and O–H groups in total. The highest BCUT2D eigenvalue weighted by Crippen LogP contribution is 2.51. The van der Waals surface area contributed by atoms with Crippen LogP contribution in [0.25, 0.3) is 10.9 Å². The molecule has 0 radical (unpaired) electrons. The Morgan fingerprint density at radius 1 is 1.04 bits per heavy atom. The molecule has 3 aromatic rings. The molecule has 23 heavy (non-hydrogen) atoms. The van der Waals surface area contributed by atoms with Gasteiger partial charge in [0.15, 0.2) is 0 Å². The predicted molar refractivity (Wildman–Crippen MR) is 94.9 cm³/mol. The van der Waals surface area contributed by atoms with Gasteiger partial charge in [-0.3, -0.25) is 0 Å². The molecule has 0 bridgehead atoms. The Bertz CT molecular complexity index is 807. The number of benzene rings is 2. The fraction of sp³-hybridized carbons (Fsp3) is 0.333. The van der Waals surface area contributed by atoms with E-state index in [2.05, 4.69) is 72.7 Å². The molecule has 0 saturated heterocycles. The highest BCUT2D eigenvalue weighted by atomic mass is 16.5. The van der Waals surface area contributed by atoms with E-state index < -0.39 is 0 Å². The van der Waals surface area contributed by atoms with Crippen LogP contribution in [-0.4, -0.2) is 18.2 Å². The molecule has 0 amide bonds. The van der Waals surface area contributed by atoms with Crippen molar-refractivity contribution in [1.29, 1.82) is 0 Å². The second-order valence-corrected chi connectivity index (χ2v) is 6.88. The van der Waals surface area contributed by atoms with Gasteiger partial charge in [-0.05, 0) is 30.0 Å². The van der Waals surface area contributed by atoms with Crippen molar-refractivity contribution in [3.63, 3.8) is 0 Å². The summed E-state index contributed by atoms with van der Waals surface area (Å²) >= 11 is 0. The number of hydrogen-bond acceptors (Lipinski definition) is 1. The molecule has 1 aliphatic carbocycles. The molecular weight excluding hydrogens is 282 g/mol. The summed E-state index contributed by atoms with van der Waals surface area (Å²) in [7, 11) is 1.86. The van der Waals surface area contributed by atoms with Crippen molar-refractivity contribution in [1.82, 2.24) is 4.98 Å². The van der Waals surface area contributed by atoms with Crippen LogP contribution in [0.5, 0.6) is 0 Å². The second-order valence-electron chi connectivity index (χ2n) is 6.88. The zero-order valence-electron chi connectivity index (χ0n) is 13.8. The van der Waals surface area contributed by atoms with Crippen LogP contribution in [0.3, 0.4) is 0 Å². The van der Waals surface area contributed by atoms with E-state index in [0.29, 0.717) is 5.92 Å². The standard InChI is InChI=1S/C21H23NO/c1-21(18-14-22-19-11-7-6-10-17(18)19)13-12-16(20(21)23-2)15-8-4-3-5-9-15/h3-11,14,16,20,22H,12-13H2,1-2H3/t16-,20+,21+/m0/s1. The van der Waals surface area contributed by atoms with E-state index in [4.69, 9.17) is 4.74 Å². The predicted octanol–water partition coefficient (Wildman–Crippen LogP) is 5.02. The van der Waals surface area contributed by atoms with Crippen molar-refractivity contribution in [2.45, 2.75) is 37.2 Å². The maximum atomic E-state index is 6.05. The van der Waals surface area contributed by atoms with Gasteiger partial charge >= 0.3 is 0 Å². The summed E-state index contributed by atoms with van der Waals surface area (Å²) in [6, 6.07) is 19.4. The topological polar surface area (TPSA) is 25.0 Å². The number of ether oxygens (including phenoxy) is 1. The number of para-hydroxylation sites is 1. The highest BCUT2D eigenvalue weighted by molar-refractivity contribution is 5.84. The number of methoxy groups -OCH3 is 1. The summed E-state index contributed by atoms with van der Waals surface area (Å²) in [4.78, 5) is 3.43. The minimum absolute atomic E-state index is 0.0366. The van der Waals surface area contributed by atoms with Crippen molar-refractivity contribution < 1.29 is 4.74 Å². The normalized spacial score (nSPS) is 27.6. The van der Waals surface area contributed by atoms with E-state index in [1.807, 2.05) is 7.11 Å². The van der Waals surface area contributed by atoms with Crippen LogP contribution < -0.4 is 0 Å². The van der Waals surface area contributed by atoms with Crippen LogP contribution in [-0.2, 0) is 10.2 Å². The highest BCUT2D eigenvalue weighted by Gasteiger charge is 2.48. The fourth-order valence-corrected chi connectivity index (χ4v) is 4.49. The van der Waals surface area contributed by atoms with Crippen molar-refractivity contribution in [2.75, 3.05) is 7.11 Å². The van der Waals surface area contributed by atoms with Crippen LogP contribution in [0, 0.1) is 0 Å². The Morgan fingerprint density at radius 3 is 2.57 bits per heavy atom. The monoisotopic (exact) mass is 305 g/mol. The molecule has 0 aliphatic heterocycles. The van der Waals surface area contributed by atoms with E-state index in [0.717, 1.165) is 6.42 Å². The fourth-order valence-electron chi connectivity index (χ4n) is 4.49. The van der Waals surface area contributed by atoms with Gasteiger partial charge in [0.1, 0.15) is 0 Å². The van der Waals surface area contributed by atoms with Gasteiger partial charge in [-0.15, -0.1) is 0 Å².